The Morgan fingerprint density at radius 2 is 1.95 bits per heavy atom. The first-order valence-corrected chi connectivity index (χ1v) is 7.08. The predicted molar refractivity (Wildman–Crippen MR) is 81.7 cm³/mol. The van der Waals surface area contributed by atoms with Crippen LogP contribution in [0.25, 0.3) is 10.8 Å². The number of carboxylic acid groups (broad SMARTS) is 1. The van der Waals surface area contributed by atoms with Crippen LogP contribution in [0.4, 0.5) is 0 Å². The average Bonchev–Trinajstić information content (AvgIpc) is 2.44. The molecule has 0 aliphatic rings. The van der Waals surface area contributed by atoms with Gasteiger partial charge >= 0.3 is 5.97 Å². The lowest BCUT2D eigenvalue weighted by atomic mass is 10.0. The topological polar surface area (TPSA) is 49.3 Å². The van der Waals surface area contributed by atoms with Crippen molar-refractivity contribution >= 4 is 16.7 Å². The van der Waals surface area contributed by atoms with Crippen LogP contribution in [-0.4, -0.2) is 17.1 Å². The van der Waals surface area contributed by atoms with Crippen LogP contribution < -0.4 is 5.32 Å². The quantitative estimate of drug-likeness (QED) is 0.809. The number of carbonyl (C=O) groups is 1. The first kappa shape index (κ1) is 14.5. The minimum Gasteiger partial charge on any atom is -0.481 e. The zero-order chi connectivity index (χ0) is 14.4. The van der Waals surface area contributed by atoms with Crippen molar-refractivity contribution in [1.82, 2.24) is 5.32 Å². The van der Waals surface area contributed by atoms with Gasteiger partial charge in [0, 0.05) is 19.0 Å². The Bertz CT molecular complexity index is 575. The van der Waals surface area contributed by atoms with Crippen LogP contribution in [0.2, 0.25) is 0 Å². The van der Waals surface area contributed by atoms with Crippen LogP contribution in [0, 0.1) is 0 Å². The summed E-state index contributed by atoms with van der Waals surface area (Å²) in [6.07, 6.45) is 1.86. The zero-order valence-electron chi connectivity index (χ0n) is 11.8. The molecule has 0 aliphatic carbocycles. The van der Waals surface area contributed by atoms with Crippen LogP contribution >= 0.6 is 0 Å². The molecule has 2 rings (SSSR count). The second-order valence-corrected chi connectivity index (χ2v) is 5.21. The van der Waals surface area contributed by atoms with Crippen LogP contribution in [0.1, 0.15) is 31.7 Å². The minimum absolute atomic E-state index is 0.250. The van der Waals surface area contributed by atoms with Gasteiger partial charge in [0.05, 0.1) is 0 Å². The molecule has 3 nitrogen and oxygen atoms in total. The average molecular weight is 271 g/mol. The van der Waals surface area contributed by atoms with Gasteiger partial charge in [-0.1, -0.05) is 42.5 Å². The summed E-state index contributed by atoms with van der Waals surface area (Å²) in [4.78, 5) is 10.5. The highest BCUT2D eigenvalue weighted by atomic mass is 16.4. The Hall–Kier alpha value is -1.87. The highest BCUT2D eigenvalue weighted by Gasteiger charge is 2.05. The molecule has 0 aliphatic heterocycles. The maximum Gasteiger partial charge on any atom is 0.303 e. The zero-order valence-corrected chi connectivity index (χ0v) is 11.8. The van der Waals surface area contributed by atoms with E-state index in [-0.39, 0.29) is 6.42 Å². The van der Waals surface area contributed by atoms with Crippen molar-refractivity contribution < 1.29 is 9.90 Å². The Labute approximate surface area is 119 Å². The molecule has 2 aromatic rings. The van der Waals surface area contributed by atoms with Crippen molar-refractivity contribution in [3.63, 3.8) is 0 Å². The molecule has 0 fully saturated rings. The summed E-state index contributed by atoms with van der Waals surface area (Å²) < 4.78 is 0. The maximum absolute atomic E-state index is 10.5. The summed E-state index contributed by atoms with van der Waals surface area (Å²) in [5.74, 6) is -0.716. The standard InChI is InChI=1S/C17H21NO2/c1-13(6-4-11-17(19)20)18-12-15-9-5-8-14-7-2-3-10-16(14)15/h2-3,5,7-10,13,18H,4,6,11-12H2,1H3,(H,19,20). The highest BCUT2D eigenvalue weighted by molar-refractivity contribution is 5.85. The molecule has 20 heavy (non-hydrogen) atoms. The number of nitrogens with one attached hydrogen (secondary N) is 1. The Balaban J connectivity index is 1.91. The van der Waals surface area contributed by atoms with E-state index in [1.165, 1.54) is 16.3 Å². The van der Waals surface area contributed by atoms with E-state index in [2.05, 4.69) is 48.6 Å². The number of aliphatic carboxylic acids is 1. The fourth-order valence-corrected chi connectivity index (χ4v) is 2.39. The van der Waals surface area contributed by atoms with Crippen LogP contribution in [-0.2, 0) is 11.3 Å². The summed E-state index contributed by atoms with van der Waals surface area (Å²) in [6.45, 7) is 2.92. The van der Waals surface area contributed by atoms with Crippen LogP contribution in [0.15, 0.2) is 42.5 Å². The molecule has 2 aromatic carbocycles. The van der Waals surface area contributed by atoms with Gasteiger partial charge < -0.3 is 10.4 Å². The molecule has 3 heteroatoms. The molecule has 0 saturated heterocycles. The molecule has 0 spiro atoms. The number of fused-ring (bicyclic) bond motifs is 1. The van der Waals surface area contributed by atoms with Gasteiger partial charge in [-0.3, -0.25) is 4.79 Å². The van der Waals surface area contributed by atoms with Gasteiger partial charge in [-0.2, -0.15) is 0 Å². The smallest absolute Gasteiger partial charge is 0.303 e. The summed E-state index contributed by atoms with van der Waals surface area (Å²) in [5, 5.41) is 14.6. The molecular formula is C17H21NO2. The van der Waals surface area contributed by atoms with E-state index in [9.17, 15) is 4.79 Å². The van der Waals surface area contributed by atoms with E-state index in [0.29, 0.717) is 6.04 Å². The minimum atomic E-state index is -0.716. The van der Waals surface area contributed by atoms with E-state index in [1.807, 2.05) is 6.07 Å². The van der Waals surface area contributed by atoms with Crippen LogP contribution in [0.3, 0.4) is 0 Å². The van der Waals surface area contributed by atoms with Crippen molar-refractivity contribution in [3.8, 4) is 0 Å². The largest absolute Gasteiger partial charge is 0.481 e. The first-order valence-electron chi connectivity index (χ1n) is 7.08. The molecule has 0 saturated carbocycles. The number of carboxylic acids is 1. The lowest BCUT2D eigenvalue weighted by molar-refractivity contribution is -0.137. The fourth-order valence-electron chi connectivity index (χ4n) is 2.39. The molecule has 0 amide bonds. The van der Waals surface area contributed by atoms with Gasteiger partial charge in [-0.05, 0) is 36.1 Å². The first-order chi connectivity index (χ1) is 9.66. The van der Waals surface area contributed by atoms with E-state index in [4.69, 9.17) is 5.11 Å². The molecule has 106 valence electrons. The predicted octanol–water partition coefficient (Wildman–Crippen LogP) is 3.57. The third-order valence-corrected chi connectivity index (χ3v) is 3.55. The lowest BCUT2D eigenvalue weighted by Gasteiger charge is -2.14. The molecule has 0 bridgehead atoms. The third kappa shape index (κ3) is 4.07. The Morgan fingerprint density at radius 3 is 2.75 bits per heavy atom. The summed E-state index contributed by atoms with van der Waals surface area (Å²) in [5.41, 5.74) is 1.29. The molecule has 1 unspecified atom stereocenters. The number of rotatable bonds is 7. The van der Waals surface area contributed by atoms with Crippen molar-refractivity contribution in [3.05, 3.63) is 48.0 Å². The van der Waals surface area contributed by atoms with E-state index in [1.54, 1.807) is 0 Å². The monoisotopic (exact) mass is 271 g/mol. The van der Waals surface area contributed by atoms with Gasteiger partial charge in [0.15, 0.2) is 0 Å². The van der Waals surface area contributed by atoms with Crippen molar-refractivity contribution in [2.24, 2.45) is 0 Å². The molecule has 0 heterocycles. The van der Waals surface area contributed by atoms with E-state index < -0.39 is 5.97 Å². The second-order valence-electron chi connectivity index (χ2n) is 5.21. The second kappa shape index (κ2) is 7.06. The summed E-state index contributed by atoms with van der Waals surface area (Å²) >= 11 is 0. The Morgan fingerprint density at radius 1 is 1.20 bits per heavy atom. The van der Waals surface area contributed by atoms with Crippen molar-refractivity contribution in [2.45, 2.75) is 38.8 Å². The number of benzene rings is 2. The SMILES string of the molecule is CC(CCCC(=O)O)NCc1cccc2ccccc12. The van der Waals surface area contributed by atoms with Gasteiger partial charge in [0.2, 0.25) is 0 Å². The summed E-state index contributed by atoms with van der Waals surface area (Å²) in [7, 11) is 0. The third-order valence-electron chi connectivity index (χ3n) is 3.55. The van der Waals surface area contributed by atoms with E-state index in [0.717, 1.165) is 19.4 Å². The highest BCUT2D eigenvalue weighted by Crippen LogP contribution is 2.18. The lowest BCUT2D eigenvalue weighted by Crippen LogP contribution is -2.25. The molecule has 2 N–H and O–H groups in total. The fraction of sp³-hybridized carbons (Fsp3) is 0.353. The van der Waals surface area contributed by atoms with Gasteiger partial charge in [-0.25, -0.2) is 0 Å². The molecule has 0 aromatic heterocycles. The molecular weight excluding hydrogens is 250 g/mol. The van der Waals surface area contributed by atoms with Gasteiger partial charge in [-0.15, -0.1) is 0 Å². The Kier molecular flexibility index (Phi) is 5.13. The van der Waals surface area contributed by atoms with Crippen LogP contribution in [0.5, 0.6) is 0 Å². The molecule has 1 atom stereocenters. The number of hydrogen-bond acceptors (Lipinski definition) is 2. The summed E-state index contributed by atoms with van der Waals surface area (Å²) in [6, 6.07) is 15.0. The van der Waals surface area contributed by atoms with Gasteiger partial charge in [0.1, 0.15) is 0 Å². The number of hydrogen-bond donors (Lipinski definition) is 2. The molecule has 0 radical (unpaired) electrons. The van der Waals surface area contributed by atoms with Crippen molar-refractivity contribution in [1.29, 1.82) is 0 Å². The van der Waals surface area contributed by atoms with E-state index >= 15 is 0 Å². The van der Waals surface area contributed by atoms with Crippen molar-refractivity contribution in [2.75, 3.05) is 0 Å². The normalized spacial score (nSPS) is 12.4. The van der Waals surface area contributed by atoms with Gasteiger partial charge in [0.25, 0.3) is 0 Å². The maximum atomic E-state index is 10.5.